The maximum atomic E-state index is 8.75. The molecule has 1 fully saturated rings. The highest BCUT2D eigenvalue weighted by atomic mass is 15.2. The Morgan fingerprint density at radius 2 is 2.06 bits per heavy atom. The summed E-state index contributed by atoms with van der Waals surface area (Å²) in [6.45, 7) is 2.84. The Balaban J connectivity index is 2.01. The molecule has 1 saturated heterocycles. The maximum absolute atomic E-state index is 8.75. The maximum Gasteiger partial charge on any atom is 0.0991 e. The van der Waals surface area contributed by atoms with E-state index in [0.29, 0.717) is 6.04 Å². The van der Waals surface area contributed by atoms with E-state index in [2.05, 4.69) is 11.0 Å². The van der Waals surface area contributed by atoms with E-state index in [-0.39, 0.29) is 0 Å². The van der Waals surface area contributed by atoms with Gasteiger partial charge in [-0.3, -0.25) is 4.90 Å². The molecule has 2 N–H and O–H groups in total. The number of benzene rings is 1. The van der Waals surface area contributed by atoms with Gasteiger partial charge in [0.2, 0.25) is 0 Å². The summed E-state index contributed by atoms with van der Waals surface area (Å²) in [6.07, 6.45) is 3.78. The molecule has 0 radical (unpaired) electrons. The van der Waals surface area contributed by atoms with E-state index in [1.165, 1.54) is 24.8 Å². The molecule has 1 aromatic rings. The van der Waals surface area contributed by atoms with Crippen LogP contribution in [0.25, 0.3) is 0 Å². The average molecular weight is 229 g/mol. The molecule has 90 valence electrons. The third-order valence-electron chi connectivity index (χ3n) is 3.49. The molecule has 1 heterocycles. The Bertz CT molecular complexity index is 391. The number of hydrogen-bond donors (Lipinski definition) is 1. The summed E-state index contributed by atoms with van der Waals surface area (Å²) in [4.78, 5) is 2.46. The number of likely N-dealkylation sites (tertiary alicyclic amines) is 1. The fourth-order valence-electron chi connectivity index (χ4n) is 2.45. The van der Waals surface area contributed by atoms with Crippen molar-refractivity contribution in [1.29, 1.82) is 5.26 Å². The predicted octanol–water partition coefficient (Wildman–Crippen LogP) is 1.87. The van der Waals surface area contributed by atoms with Crippen molar-refractivity contribution >= 4 is 0 Å². The van der Waals surface area contributed by atoms with E-state index < -0.39 is 0 Å². The lowest BCUT2D eigenvalue weighted by Crippen LogP contribution is -2.43. The Hall–Kier alpha value is -1.37. The number of nitriles is 1. The van der Waals surface area contributed by atoms with Gasteiger partial charge < -0.3 is 5.73 Å². The molecule has 17 heavy (non-hydrogen) atoms. The average Bonchev–Trinajstić information content (AvgIpc) is 2.40. The van der Waals surface area contributed by atoms with Crippen LogP contribution in [-0.2, 0) is 6.54 Å². The molecular weight excluding hydrogens is 210 g/mol. The minimum absolute atomic E-state index is 0.527. The van der Waals surface area contributed by atoms with Gasteiger partial charge in [-0.1, -0.05) is 18.6 Å². The molecule has 0 aromatic heterocycles. The van der Waals surface area contributed by atoms with Crippen LogP contribution >= 0.6 is 0 Å². The Morgan fingerprint density at radius 1 is 1.29 bits per heavy atom. The lowest BCUT2D eigenvalue weighted by Gasteiger charge is -2.35. The van der Waals surface area contributed by atoms with E-state index in [4.69, 9.17) is 11.0 Å². The lowest BCUT2D eigenvalue weighted by molar-refractivity contribution is 0.145. The second-order valence-electron chi connectivity index (χ2n) is 4.66. The monoisotopic (exact) mass is 229 g/mol. The number of hydrogen-bond acceptors (Lipinski definition) is 3. The van der Waals surface area contributed by atoms with Gasteiger partial charge in [0.25, 0.3) is 0 Å². The molecule has 0 amide bonds. The largest absolute Gasteiger partial charge is 0.329 e. The third-order valence-corrected chi connectivity index (χ3v) is 3.49. The molecule has 0 spiro atoms. The van der Waals surface area contributed by atoms with Crippen LogP contribution in [0, 0.1) is 11.3 Å². The minimum atomic E-state index is 0.527. The number of piperidine rings is 1. The number of nitrogens with zero attached hydrogens (tertiary/aromatic N) is 2. The van der Waals surface area contributed by atoms with Gasteiger partial charge in [0.15, 0.2) is 0 Å². The summed E-state index contributed by atoms with van der Waals surface area (Å²) >= 11 is 0. The molecule has 1 atom stereocenters. The van der Waals surface area contributed by atoms with Crippen molar-refractivity contribution in [3.8, 4) is 6.07 Å². The van der Waals surface area contributed by atoms with E-state index in [9.17, 15) is 0 Å². The lowest BCUT2D eigenvalue weighted by atomic mass is 10.0. The van der Waals surface area contributed by atoms with Gasteiger partial charge in [0, 0.05) is 19.1 Å². The first-order valence-electron chi connectivity index (χ1n) is 6.26. The smallest absolute Gasteiger partial charge is 0.0991 e. The SMILES string of the molecule is N#Cc1ccc(CN2CCCCC2CN)cc1. The summed E-state index contributed by atoms with van der Waals surface area (Å²) in [5.41, 5.74) is 7.80. The van der Waals surface area contributed by atoms with Crippen molar-refractivity contribution in [2.24, 2.45) is 5.73 Å². The van der Waals surface area contributed by atoms with Gasteiger partial charge in [-0.25, -0.2) is 0 Å². The first-order valence-corrected chi connectivity index (χ1v) is 6.26. The summed E-state index contributed by atoms with van der Waals surface area (Å²) in [6, 6.07) is 10.5. The minimum Gasteiger partial charge on any atom is -0.329 e. The van der Waals surface area contributed by atoms with Gasteiger partial charge in [-0.15, -0.1) is 0 Å². The fourth-order valence-corrected chi connectivity index (χ4v) is 2.45. The first-order chi connectivity index (χ1) is 8.33. The van der Waals surface area contributed by atoms with Crippen LogP contribution < -0.4 is 5.73 Å². The molecule has 0 aliphatic carbocycles. The van der Waals surface area contributed by atoms with Crippen molar-refractivity contribution in [3.05, 3.63) is 35.4 Å². The molecular formula is C14H19N3. The highest BCUT2D eigenvalue weighted by molar-refractivity contribution is 5.31. The van der Waals surface area contributed by atoms with Crippen molar-refractivity contribution in [1.82, 2.24) is 4.90 Å². The number of nitrogens with two attached hydrogens (primary N) is 1. The Kier molecular flexibility index (Phi) is 4.13. The van der Waals surface area contributed by atoms with Crippen molar-refractivity contribution in [3.63, 3.8) is 0 Å². The normalized spacial score (nSPS) is 21.1. The quantitative estimate of drug-likeness (QED) is 0.861. The van der Waals surface area contributed by atoms with Gasteiger partial charge in [-0.05, 0) is 37.1 Å². The molecule has 1 aliphatic rings. The second kappa shape index (κ2) is 5.81. The molecule has 3 nitrogen and oxygen atoms in total. The highest BCUT2D eigenvalue weighted by Crippen LogP contribution is 2.19. The van der Waals surface area contributed by atoms with Crippen LogP contribution in [0.5, 0.6) is 0 Å². The summed E-state index contributed by atoms with van der Waals surface area (Å²) in [7, 11) is 0. The standard InChI is InChI=1S/C14H19N3/c15-9-12-4-6-13(7-5-12)11-17-8-2-1-3-14(17)10-16/h4-7,14H,1-3,8,10-11,16H2. The molecule has 0 saturated carbocycles. The molecule has 3 heteroatoms. The Morgan fingerprint density at radius 3 is 2.71 bits per heavy atom. The summed E-state index contributed by atoms with van der Waals surface area (Å²) in [5.74, 6) is 0. The summed E-state index contributed by atoms with van der Waals surface area (Å²) in [5, 5.41) is 8.75. The van der Waals surface area contributed by atoms with Crippen LogP contribution in [-0.4, -0.2) is 24.0 Å². The molecule has 1 unspecified atom stereocenters. The molecule has 1 aromatic carbocycles. The van der Waals surface area contributed by atoms with Crippen molar-refractivity contribution in [2.75, 3.05) is 13.1 Å². The second-order valence-corrected chi connectivity index (χ2v) is 4.66. The first kappa shape index (κ1) is 12.1. The predicted molar refractivity (Wildman–Crippen MR) is 68.3 cm³/mol. The van der Waals surface area contributed by atoms with Crippen LogP contribution in [0.4, 0.5) is 0 Å². The fraction of sp³-hybridized carbons (Fsp3) is 0.500. The number of rotatable bonds is 3. The Labute approximate surface area is 103 Å². The highest BCUT2D eigenvalue weighted by Gasteiger charge is 2.20. The van der Waals surface area contributed by atoms with Crippen LogP contribution in [0.2, 0.25) is 0 Å². The van der Waals surface area contributed by atoms with Crippen molar-refractivity contribution < 1.29 is 0 Å². The van der Waals surface area contributed by atoms with Gasteiger partial charge in [0.05, 0.1) is 11.6 Å². The third kappa shape index (κ3) is 3.06. The van der Waals surface area contributed by atoms with Gasteiger partial charge in [-0.2, -0.15) is 5.26 Å². The molecule has 1 aliphatic heterocycles. The summed E-state index contributed by atoms with van der Waals surface area (Å²) < 4.78 is 0. The van der Waals surface area contributed by atoms with Crippen LogP contribution in [0.3, 0.4) is 0 Å². The van der Waals surface area contributed by atoms with Crippen LogP contribution in [0.15, 0.2) is 24.3 Å². The van der Waals surface area contributed by atoms with E-state index in [1.807, 2.05) is 24.3 Å². The zero-order chi connectivity index (χ0) is 12.1. The molecule has 2 rings (SSSR count). The van der Waals surface area contributed by atoms with Gasteiger partial charge >= 0.3 is 0 Å². The topological polar surface area (TPSA) is 53.0 Å². The molecule has 0 bridgehead atoms. The van der Waals surface area contributed by atoms with Crippen LogP contribution in [0.1, 0.15) is 30.4 Å². The zero-order valence-corrected chi connectivity index (χ0v) is 10.1. The van der Waals surface area contributed by atoms with Gasteiger partial charge in [0.1, 0.15) is 0 Å². The van der Waals surface area contributed by atoms with E-state index >= 15 is 0 Å². The van der Waals surface area contributed by atoms with E-state index in [0.717, 1.165) is 25.2 Å². The zero-order valence-electron chi connectivity index (χ0n) is 10.1. The van der Waals surface area contributed by atoms with E-state index in [1.54, 1.807) is 0 Å². The van der Waals surface area contributed by atoms with Crippen molar-refractivity contribution in [2.45, 2.75) is 31.8 Å².